The zero-order valence-electron chi connectivity index (χ0n) is 13.2. The Bertz CT molecular complexity index is 784. The van der Waals surface area contributed by atoms with E-state index in [9.17, 15) is 21.6 Å². The maximum Gasteiger partial charge on any atom is 0.322 e. The third kappa shape index (κ3) is 4.28. The molecule has 130 valence electrons. The molecule has 0 aliphatic rings. The number of nitrogens with one attached hydrogen (secondary N) is 1. The molecular formula is C13H20N2O6S2. The van der Waals surface area contributed by atoms with Crippen LogP contribution in [0.25, 0.3) is 0 Å². The van der Waals surface area contributed by atoms with E-state index in [2.05, 4.69) is 0 Å². The molecule has 0 amide bonds. The van der Waals surface area contributed by atoms with E-state index in [1.807, 2.05) is 4.72 Å². The van der Waals surface area contributed by atoms with Crippen molar-refractivity contribution in [3.63, 3.8) is 0 Å². The molecule has 0 unspecified atom stereocenters. The van der Waals surface area contributed by atoms with Gasteiger partial charge < -0.3 is 5.11 Å². The van der Waals surface area contributed by atoms with Gasteiger partial charge in [-0.25, -0.2) is 21.1 Å². The summed E-state index contributed by atoms with van der Waals surface area (Å²) in [5, 5.41) is 9.12. The molecule has 0 spiro atoms. The van der Waals surface area contributed by atoms with Crippen LogP contribution in [0.15, 0.2) is 34.1 Å². The summed E-state index contributed by atoms with van der Waals surface area (Å²) >= 11 is 0. The lowest BCUT2D eigenvalue weighted by molar-refractivity contribution is -0.140. The number of aliphatic carboxylic acids is 1. The van der Waals surface area contributed by atoms with E-state index in [0.29, 0.717) is 0 Å². The first kappa shape index (κ1) is 19.6. The maximum atomic E-state index is 12.5. The summed E-state index contributed by atoms with van der Waals surface area (Å²) in [5.41, 5.74) is 0. The molecule has 1 rings (SSSR count). The van der Waals surface area contributed by atoms with Crippen LogP contribution in [0, 0.1) is 5.92 Å². The summed E-state index contributed by atoms with van der Waals surface area (Å²) in [7, 11) is -5.78. The highest BCUT2D eigenvalue weighted by Gasteiger charge is 2.32. The first-order valence-electron chi connectivity index (χ1n) is 6.68. The molecule has 0 bridgehead atoms. The molecule has 0 saturated carbocycles. The van der Waals surface area contributed by atoms with E-state index in [0.717, 1.165) is 16.4 Å². The van der Waals surface area contributed by atoms with E-state index in [-0.39, 0.29) is 0 Å². The van der Waals surface area contributed by atoms with Gasteiger partial charge in [-0.3, -0.25) is 4.79 Å². The van der Waals surface area contributed by atoms with Crippen LogP contribution in [0.1, 0.15) is 13.8 Å². The lowest BCUT2D eigenvalue weighted by atomic mass is 10.1. The Morgan fingerprint density at radius 1 is 1.09 bits per heavy atom. The van der Waals surface area contributed by atoms with Crippen LogP contribution in [0.5, 0.6) is 0 Å². The largest absolute Gasteiger partial charge is 0.480 e. The van der Waals surface area contributed by atoms with Gasteiger partial charge in [-0.15, -0.1) is 0 Å². The maximum absolute atomic E-state index is 12.5. The van der Waals surface area contributed by atoms with Gasteiger partial charge in [-0.1, -0.05) is 26.0 Å². The normalized spacial score (nSPS) is 14.2. The zero-order valence-corrected chi connectivity index (χ0v) is 14.8. The predicted octanol–water partition coefficient (Wildman–Crippen LogP) is 0.324. The van der Waals surface area contributed by atoms with Crippen molar-refractivity contribution < 1.29 is 26.7 Å². The molecule has 0 radical (unpaired) electrons. The number of hydrogen-bond acceptors (Lipinski definition) is 5. The van der Waals surface area contributed by atoms with Gasteiger partial charge in [0, 0.05) is 14.1 Å². The van der Waals surface area contributed by atoms with Crippen molar-refractivity contribution in [3.8, 4) is 0 Å². The van der Waals surface area contributed by atoms with E-state index in [1.165, 1.54) is 26.2 Å². The van der Waals surface area contributed by atoms with Crippen molar-refractivity contribution >= 4 is 26.0 Å². The highest BCUT2D eigenvalue weighted by Crippen LogP contribution is 2.23. The molecule has 0 aliphatic carbocycles. The van der Waals surface area contributed by atoms with Crippen LogP contribution in [-0.2, 0) is 24.8 Å². The summed E-state index contributed by atoms with van der Waals surface area (Å²) in [5.74, 6) is -1.85. The Hall–Kier alpha value is -1.49. The summed E-state index contributed by atoms with van der Waals surface area (Å²) in [6, 6.07) is 3.68. The molecule has 1 aromatic carbocycles. The number of carbonyl (C=O) groups is 1. The third-order valence-corrected chi connectivity index (χ3v) is 6.61. The second-order valence-electron chi connectivity index (χ2n) is 5.42. The number of sulfonamides is 2. The quantitative estimate of drug-likeness (QED) is 0.719. The van der Waals surface area contributed by atoms with Crippen molar-refractivity contribution in [3.05, 3.63) is 24.3 Å². The molecule has 8 nitrogen and oxygen atoms in total. The minimum Gasteiger partial charge on any atom is -0.480 e. The number of hydrogen-bond donors (Lipinski definition) is 2. The van der Waals surface area contributed by atoms with Crippen molar-refractivity contribution in [2.45, 2.75) is 29.7 Å². The molecule has 0 fully saturated rings. The number of nitrogens with zero attached hydrogens (tertiary/aromatic N) is 1. The van der Waals surface area contributed by atoms with Gasteiger partial charge in [-0.2, -0.15) is 4.72 Å². The molecule has 2 N–H and O–H groups in total. The molecule has 0 aliphatic heterocycles. The first-order valence-corrected chi connectivity index (χ1v) is 9.60. The van der Waals surface area contributed by atoms with Crippen molar-refractivity contribution in [1.29, 1.82) is 0 Å². The molecular weight excluding hydrogens is 344 g/mol. The van der Waals surface area contributed by atoms with Crippen LogP contribution in [-0.4, -0.2) is 52.4 Å². The molecule has 0 saturated heterocycles. The topological polar surface area (TPSA) is 121 Å². The Labute approximate surface area is 136 Å². The Morgan fingerprint density at radius 3 is 1.96 bits per heavy atom. The predicted molar refractivity (Wildman–Crippen MR) is 83.9 cm³/mol. The van der Waals surface area contributed by atoms with Gasteiger partial charge >= 0.3 is 5.97 Å². The number of benzene rings is 1. The molecule has 0 heterocycles. The van der Waals surface area contributed by atoms with E-state index >= 15 is 0 Å². The summed E-state index contributed by atoms with van der Waals surface area (Å²) in [4.78, 5) is 10.3. The highest BCUT2D eigenvalue weighted by molar-refractivity contribution is 7.92. The highest BCUT2D eigenvalue weighted by atomic mass is 32.2. The molecule has 23 heavy (non-hydrogen) atoms. The molecule has 1 aromatic rings. The molecule has 0 aromatic heterocycles. The smallest absolute Gasteiger partial charge is 0.322 e. The van der Waals surface area contributed by atoms with Crippen LogP contribution in [0.2, 0.25) is 0 Å². The number of carboxylic acids is 1. The SMILES string of the molecule is CC(C)[C@H](NS(=O)(=O)c1ccccc1S(=O)(=O)N(C)C)C(=O)O. The fraction of sp³-hybridized carbons (Fsp3) is 0.462. The fourth-order valence-electron chi connectivity index (χ4n) is 1.78. The van der Waals surface area contributed by atoms with E-state index < -0.39 is 47.8 Å². The van der Waals surface area contributed by atoms with Gasteiger partial charge in [0.05, 0.1) is 0 Å². The average Bonchev–Trinajstić information content (AvgIpc) is 2.44. The van der Waals surface area contributed by atoms with Crippen LogP contribution in [0.4, 0.5) is 0 Å². The van der Waals surface area contributed by atoms with Gasteiger partial charge in [0.2, 0.25) is 20.0 Å². The average molecular weight is 364 g/mol. The first-order chi connectivity index (χ1) is 10.4. The van der Waals surface area contributed by atoms with Gasteiger partial charge in [0.15, 0.2) is 0 Å². The Morgan fingerprint density at radius 2 is 1.57 bits per heavy atom. The van der Waals surface area contributed by atoms with E-state index in [1.54, 1.807) is 13.8 Å². The lowest BCUT2D eigenvalue weighted by Gasteiger charge is -2.20. The third-order valence-electron chi connectivity index (χ3n) is 3.11. The van der Waals surface area contributed by atoms with Crippen molar-refractivity contribution in [2.75, 3.05) is 14.1 Å². The summed E-state index contributed by atoms with van der Waals surface area (Å²) in [6.45, 7) is 3.09. The van der Waals surface area contributed by atoms with Crippen LogP contribution < -0.4 is 4.72 Å². The molecule has 1 atom stereocenters. The lowest BCUT2D eigenvalue weighted by Crippen LogP contribution is -2.44. The summed E-state index contributed by atoms with van der Waals surface area (Å²) in [6.07, 6.45) is 0. The van der Waals surface area contributed by atoms with E-state index in [4.69, 9.17) is 5.11 Å². The Balaban J connectivity index is 3.45. The van der Waals surface area contributed by atoms with Gasteiger partial charge in [0.1, 0.15) is 15.8 Å². The number of carboxylic acid groups (broad SMARTS) is 1. The van der Waals surface area contributed by atoms with Crippen molar-refractivity contribution in [2.24, 2.45) is 5.92 Å². The van der Waals surface area contributed by atoms with Crippen LogP contribution in [0.3, 0.4) is 0 Å². The number of rotatable bonds is 7. The Kier molecular flexibility index (Phi) is 5.91. The van der Waals surface area contributed by atoms with Gasteiger partial charge in [-0.05, 0) is 18.1 Å². The monoisotopic (exact) mass is 364 g/mol. The van der Waals surface area contributed by atoms with Crippen molar-refractivity contribution in [1.82, 2.24) is 9.03 Å². The van der Waals surface area contributed by atoms with Crippen LogP contribution >= 0.6 is 0 Å². The minimum absolute atomic E-state index is 0.412. The standard InChI is InChI=1S/C13H20N2O6S2/c1-9(2)12(13(16)17)14-22(18,19)10-7-5-6-8-11(10)23(20,21)15(3)4/h5-9,12,14H,1-4H3,(H,16,17)/t12-/m0/s1. The summed E-state index contributed by atoms with van der Waals surface area (Å²) < 4.78 is 52.4. The minimum atomic E-state index is -4.33. The fourth-order valence-corrected chi connectivity index (χ4v) is 4.82. The molecule has 10 heteroatoms. The zero-order chi connectivity index (χ0) is 18.0. The second kappa shape index (κ2) is 6.95. The second-order valence-corrected chi connectivity index (χ2v) is 9.22. The van der Waals surface area contributed by atoms with Gasteiger partial charge in [0.25, 0.3) is 0 Å².